The van der Waals surface area contributed by atoms with Crippen LogP contribution in [-0.4, -0.2) is 20.7 Å². The van der Waals surface area contributed by atoms with Crippen LogP contribution in [-0.2, 0) is 10.0 Å². The average Bonchev–Trinajstić information content (AvgIpc) is 2.95. The van der Waals surface area contributed by atoms with Crippen molar-refractivity contribution in [2.45, 2.75) is 11.8 Å². The summed E-state index contributed by atoms with van der Waals surface area (Å²) in [6.45, 7) is 1.71. The third-order valence-electron chi connectivity index (χ3n) is 3.75. The molecule has 130 valence electrons. The van der Waals surface area contributed by atoms with Gasteiger partial charge < -0.3 is 9.26 Å². The number of rotatable bonds is 4. The molecule has 3 aromatic rings. The third kappa shape index (κ3) is 3.26. The Balaban J connectivity index is 2.25. The molecule has 25 heavy (non-hydrogen) atoms. The number of nitrogens with two attached hydrogens (primary N) is 1. The topological polar surface area (TPSA) is 95.4 Å². The van der Waals surface area contributed by atoms with Gasteiger partial charge in [-0.2, -0.15) is 0 Å². The number of hydrogen-bond donors (Lipinski definition) is 1. The highest BCUT2D eigenvalue weighted by Crippen LogP contribution is 2.39. The van der Waals surface area contributed by atoms with E-state index in [1.54, 1.807) is 43.3 Å². The molecule has 0 unspecified atom stereocenters. The molecule has 1 heterocycles. The maximum absolute atomic E-state index is 11.9. The van der Waals surface area contributed by atoms with Crippen molar-refractivity contribution in [1.82, 2.24) is 5.16 Å². The second kappa shape index (κ2) is 6.51. The molecule has 0 fully saturated rings. The molecule has 0 bridgehead atoms. The van der Waals surface area contributed by atoms with E-state index in [1.807, 2.05) is 0 Å². The van der Waals surface area contributed by atoms with Crippen LogP contribution in [0.15, 0.2) is 51.9 Å². The van der Waals surface area contributed by atoms with E-state index in [4.69, 9.17) is 26.0 Å². The molecule has 0 atom stereocenters. The molecule has 0 amide bonds. The van der Waals surface area contributed by atoms with E-state index in [0.29, 0.717) is 38.9 Å². The maximum atomic E-state index is 11.9. The minimum atomic E-state index is -3.91. The zero-order chi connectivity index (χ0) is 18.2. The monoisotopic (exact) mass is 378 g/mol. The Morgan fingerprint density at radius 2 is 1.92 bits per heavy atom. The average molecular weight is 379 g/mol. The van der Waals surface area contributed by atoms with E-state index in [2.05, 4.69) is 5.16 Å². The smallest absolute Gasteiger partial charge is 0.238 e. The van der Waals surface area contributed by atoms with Crippen molar-refractivity contribution in [1.29, 1.82) is 0 Å². The number of sulfonamides is 1. The fourth-order valence-electron chi connectivity index (χ4n) is 2.62. The molecule has 0 aliphatic rings. The van der Waals surface area contributed by atoms with Crippen LogP contribution in [0.5, 0.6) is 5.75 Å². The zero-order valence-electron chi connectivity index (χ0n) is 13.5. The Hall–Kier alpha value is -2.35. The van der Waals surface area contributed by atoms with Gasteiger partial charge in [0, 0.05) is 11.1 Å². The first-order valence-electron chi connectivity index (χ1n) is 7.25. The van der Waals surface area contributed by atoms with Crippen molar-refractivity contribution >= 4 is 21.6 Å². The minimum absolute atomic E-state index is 0.00200. The van der Waals surface area contributed by atoms with E-state index < -0.39 is 10.0 Å². The number of hydrogen-bond acceptors (Lipinski definition) is 5. The molecule has 0 saturated heterocycles. The van der Waals surface area contributed by atoms with Gasteiger partial charge in [0.2, 0.25) is 10.0 Å². The van der Waals surface area contributed by atoms with Crippen molar-refractivity contribution in [2.75, 3.05) is 7.11 Å². The van der Waals surface area contributed by atoms with Crippen molar-refractivity contribution in [2.24, 2.45) is 5.14 Å². The lowest BCUT2D eigenvalue weighted by Gasteiger charge is -2.09. The Morgan fingerprint density at radius 1 is 1.20 bits per heavy atom. The van der Waals surface area contributed by atoms with Gasteiger partial charge in [0.05, 0.1) is 22.6 Å². The second-order valence-corrected chi connectivity index (χ2v) is 7.29. The van der Waals surface area contributed by atoms with Crippen molar-refractivity contribution in [3.05, 3.63) is 53.2 Å². The van der Waals surface area contributed by atoms with Crippen molar-refractivity contribution in [3.63, 3.8) is 0 Å². The number of halogens is 1. The van der Waals surface area contributed by atoms with Gasteiger partial charge in [0.15, 0.2) is 0 Å². The minimum Gasteiger partial charge on any atom is -0.495 e. The lowest BCUT2D eigenvalue weighted by molar-refractivity contribution is 0.400. The molecule has 8 heteroatoms. The molecule has 0 radical (unpaired) electrons. The van der Waals surface area contributed by atoms with E-state index in [-0.39, 0.29) is 4.90 Å². The molecular weight excluding hydrogens is 364 g/mol. The Kier molecular flexibility index (Phi) is 4.55. The van der Waals surface area contributed by atoms with Crippen LogP contribution in [0.4, 0.5) is 0 Å². The number of primary sulfonamides is 1. The molecule has 2 N–H and O–H groups in total. The summed E-state index contributed by atoms with van der Waals surface area (Å²) >= 11 is 6.19. The van der Waals surface area contributed by atoms with E-state index in [9.17, 15) is 8.42 Å². The summed E-state index contributed by atoms with van der Waals surface area (Å²) in [7, 11) is -2.39. The summed E-state index contributed by atoms with van der Waals surface area (Å²) in [5.74, 6) is 0.996. The summed E-state index contributed by atoms with van der Waals surface area (Å²) in [5, 5.41) is 9.83. The van der Waals surface area contributed by atoms with Gasteiger partial charge in [-0.3, -0.25) is 0 Å². The highest BCUT2D eigenvalue weighted by molar-refractivity contribution is 7.89. The van der Waals surface area contributed by atoms with Gasteiger partial charge >= 0.3 is 0 Å². The predicted octanol–water partition coefficient (Wildman–Crippen LogP) is 3.63. The molecule has 6 nitrogen and oxygen atoms in total. The Morgan fingerprint density at radius 3 is 2.56 bits per heavy atom. The van der Waals surface area contributed by atoms with E-state index >= 15 is 0 Å². The van der Waals surface area contributed by atoms with E-state index in [0.717, 1.165) is 0 Å². The molecular formula is C17H15ClN2O4S. The summed E-state index contributed by atoms with van der Waals surface area (Å²) in [6, 6.07) is 11.6. The molecule has 0 aliphatic carbocycles. The third-order valence-corrected chi connectivity index (χ3v) is 5.02. The standard InChI is InChI=1S/C17H15ClN2O4S/c1-10-16(12-5-3-4-6-15(12)25(19,21)22)17(20-24-10)11-7-8-14(23-2)13(18)9-11/h3-9H,1-2H3,(H2,19,21,22). The van der Waals surface area contributed by atoms with Gasteiger partial charge in [-0.25, -0.2) is 13.6 Å². The second-order valence-electron chi connectivity index (χ2n) is 5.35. The lowest BCUT2D eigenvalue weighted by Crippen LogP contribution is -2.13. The van der Waals surface area contributed by atoms with Gasteiger partial charge in [-0.05, 0) is 31.2 Å². The predicted molar refractivity (Wildman–Crippen MR) is 95.0 cm³/mol. The van der Waals surface area contributed by atoms with Gasteiger partial charge in [0.25, 0.3) is 0 Å². The largest absolute Gasteiger partial charge is 0.495 e. The fourth-order valence-corrected chi connectivity index (χ4v) is 3.62. The Bertz CT molecular complexity index is 1040. The highest BCUT2D eigenvalue weighted by Gasteiger charge is 2.23. The molecule has 0 spiro atoms. The number of aromatic nitrogens is 1. The lowest BCUT2D eigenvalue weighted by atomic mass is 9.99. The Labute approximate surface area is 150 Å². The normalized spacial score (nSPS) is 11.5. The summed E-state index contributed by atoms with van der Waals surface area (Å²) in [4.78, 5) is 0.00200. The van der Waals surface area contributed by atoms with Crippen LogP contribution in [0.3, 0.4) is 0 Å². The van der Waals surface area contributed by atoms with Crippen LogP contribution < -0.4 is 9.88 Å². The number of ether oxygens (including phenoxy) is 1. The van der Waals surface area contributed by atoms with Crippen LogP contribution in [0.25, 0.3) is 22.4 Å². The first kappa shape index (κ1) is 17.5. The summed E-state index contributed by atoms with van der Waals surface area (Å²) in [6.07, 6.45) is 0. The van der Waals surface area contributed by atoms with Gasteiger partial charge in [0.1, 0.15) is 17.2 Å². The molecule has 0 saturated carbocycles. The van der Waals surface area contributed by atoms with Crippen LogP contribution in [0, 0.1) is 6.92 Å². The molecule has 3 rings (SSSR count). The zero-order valence-corrected chi connectivity index (χ0v) is 15.1. The van der Waals surface area contributed by atoms with Crippen molar-refractivity contribution in [3.8, 4) is 28.1 Å². The molecule has 1 aromatic heterocycles. The molecule has 2 aromatic carbocycles. The van der Waals surface area contributed by atoms with Crippen molar-refractivity contribution < 1.29 is 17.7 Å². The van der Waals surface area contributed by atoms with Crippen LogP contribution in [0.1, 0.15) is 5.76 Å². The summed E-state index contributed by atoms with van der Waals surface area (Å²) in [5.41, 5.74) is 2.11. The fraction of sp³-hybridized carbons (Fsp3) is 0.118. The van der Waals surface area contributed by atoms with Crippen LogP contribution in [0.2, 0.25) is 5.02 Å². The number of benzene rings is 2. The number of methoxy groups -OCH3 is 1. The SMILES string of the molecule is COc1ccc(-c2noc(C)c2-c2ccccc2S(N)(=O)=O)cc1Cl. The number of nitrogens with zero attached hydrogens (tertiary/aromatic N) is 1. The highest BCUT2D eigenvalue weighted by atomic mass is 35.5. The number of aryl methyl sites for hydroxylation is 1. The maximum Gasteiger partial charge on any atom is 0.238 e. The summed E-state index contributed by atoms with van der Waals surface area (Å²) < 4.78 is 34.3. The molecule has 0 aliphatic heterocycles. The van der Waals surface area contributed by atoms with Gasteiger partial charge in [-0.1, -0.05) is 35.0 Å². The van der Waals surface area contributed by atoms with E-state index in [1.165, 1.54) is 13.2 Å². The quantitative estimate of drug-likeness (QED) is 0.747. The first-order chi connectivity index (χ1) is 11.8. The van der Waals surface area contributed by atoms with Crippen LogP contribution >= 0.6 is 11.6 Å². The first-order valence-corrected chi connectivity index (χ1v) is 9.17. The van der Waals surface area contributed by atoms with Gasteiger partial charge in [-0.15, -0.1) is 0 Å².